The number of hydrogen-bond acceptors (Lipinski definition) is 3. The molecule has 0 aliphatic carbocycles. The van der Waals surface area contributed by atoms with E-state index in [1.165, 1.54) is 0 Å². The highest BCUT2D eigenvalue weighted by Crippen LogP contribution is 2.36. The van der Waals surface area contributed by atoms with Gasteiger partial charge in [-0.3, -0.25) is 0 Å². The Morgan fingerprint density at radius 3 is 2.41 bits per heavy atom. The molecule has 0 amide bonds. The van der Waals surface area contributed by atoms with Gasteiger partial charge in [-0.15, -0.1) is 13.2 Å². The van der Waals surface area contributed by atoms with Crippen molar-refractivity contribution in [2.24, 2.45) is 5.73 Å². The molecule has 1 aromatic heterocycles. The normalized spacial score (nSPS) is 12.0. The topological polar surface area (TPSA) is 48.1 Å². The molecule has 0 radical (unpaired) electrons. The molecule has 0 atom stereocenters. The quantitative estimate of drug-likeness (QED) is 0.687. The van der Waals surface area contributed by atoms with E-state index in [0.717, 1.165) is 6.07 Å². The van der Waals surface area contributed by atoms with Crippen LogP contribution in [-0.2, 0) is 6.54 Å². The monoisotopic (exact) mass is 320 g/mol. The maximum atomic E-state index is 12.6. The summed E-state index contributed by atoms with van der Waals surface area (Å²) in [4.78, 5) is 3.55. The highest BCUT2D eigenvalue weighted by atomic mass is 79.9. The van der Waals surface area contributed by atoms with Crippen LogP contribution < -0.4 is 10.5 Å². The van der Waals surface area contributed by atoms with Crippen LogP contribution in [0.4, 0.5) is 22.0 Å². The Kier molecular flexibility index (Phi) is 4.26. The summed E-state index contributed by atoms with van der Waals surface area (Å²) < 4.78 is 64.8. The van der Waals surface area contributed by atoms with E-state index < -0.39 is 36.3 Å². The first-order valence-electron chi connectivity index (χ1n) is 4.18. The molecule has 0 spiro atoms. The van der Waals surface area contributed by atoms with Gasteiger partial charge >= 0.3 is 6.36 Å². The zero-order valence-corrected chi connectivity index (χ0v) is 9.65. The zero-order valence-electron chi connectivity index (χ0n) is 8.06. The lowest BCUT2D eigenvalue weighted by Gasteiger charge is -2.15. The molecule has 0 aliphatic rings. The fourth-order valence-electron chi connectivity index (χ4n) is 1.11. The van der Waals surface area contributed by atoms with Gasteiger partial charge in [0.15, 0.2) is 5.75 Å². The van der Waals surface area contributed by atoms with Gasteiger partial charge in [0.1, 0.15) is 4.60 Å². The average molecular weight is 321 g/mol. The standard InChI is InChI=1S/C8H6BrF5N2O/c9-5-1-3(7(10)11)6(4(2-15)16-5)17-8(12,13)14/h1,7H,2,15H2. The van der Waals surface area contributed by atoms with Gasteiger partial charge in [-0.1, -0.05) is 0 Å². The molecule has 0 saturated carbocycles. The maximum Gasteiger partial charge on any atom is 0.573 e. The van der Waals surface area contributed by atoms with Gasteiger partial charge in [0.05, 0.1) is 11.3 Å². The third-order valence-corrected chi connectivity index (χ3v) is 2.09. The lowest BCUT2D eigenvalue weighted by Crippen LogP contribution is -2.20. The lowest BCUT2D eigenvalue weighted by atomic mass is 10.2. The number of nitrogens with two attached hydrogens (primary N) is 1. The summed E-state index contributed by atoms with van der Waals surface area (Å²) in [5.41, 5.74) is 3.82. The molecule has 0 fully saturated rings. The molecular formula is C8H6BrF5N2O. The van der Waals surface area contributed by atoms with Crippen LogP contribution in [0.1, 0.15) is 17.7 Å². The minimum atomic E-state index is -5.08. The predicted molar refractivity (Wildman–Crippen MR) is 51.5 cm³/mol. The Hall–Kier alpha value is -0.960. The minimum absolute atomic E-state index is 0.0391. The number of ether oxygens (including phenoxy) is 1. The van der Waals surface area contributed by atoms with Gasteiger partial charge in [0.25, 0.3) is 6.43 Å². The molecule has 2 N–H and O–H groups in total. The zero-order chi connectivity index (χ0) is 13.2. The smallest absolute Gasteiger partial charge is 0.403 e. The SMILES string of the molecule is NCc1nc(Br)cc(C(F)F)c1OC(F)(F)F. The van der Waals surface area contributed by atoms with Crippen molar-refractivity contribution in [3.63, 3.8) is 0 Å². The largest absolute Gasteiger partial charge is 0.573 e. The van der Waals surface area contributed by atoms with E-state index in [2.05, 4.69) is 25.7 Å². The molecule has 9 heteroatoms. The first-order valence-corrected chi connectivity index (χ1v) is 4.97. The van der Waals surface area contributed by atoms with Crippen molar-refractivity contribution >= 4 is 15.9 Å². The third-order valence-electron chi connectivity index (χ3n) is 1.69. The lowest BCUT2D eigenvalue weighted by molar-refractivity contribution is -0.275. The van der Waals surface area contributed by atoms with Gasteiger partial charge in [-0.05, 0) is 22.0 Å². The van der Waals surface area contributed by atoms with Crippen LogP contribution in [0.25, 0.3) is 0 Å². The number of rotatable bonds is 3. The molecular weight excluding hydrogens is 315 g/mol. The van der Waals surface area contributed by atoms with Crippen molar-refractivity contribution in [3.05, 3.63) is 21.9 Å². The van der Waals surface area contributed by atoms with Gasteiger partial charge in [0.2, 0.25) is 0 Å². The summed E-state index contributed by atoms with van der Waals surface area (Å²) in [6, 6.07) is 0.755. The fraction of sp³-hybridized carbons (Fsp3) is 0.375. The van der Waals surface area contributed by atoms with Gasteiger partial charge in [-0.25, -0.2) is 13.8 Å². The Balaban J connectivity index is 3.32. The molecule has 96 valence electrons. The van der Waals surface area contributed by atoms with Gasteiger partial charge in [-0.2, -0.15) is 0 Å². The van der Waals surface area contributed by atoms with Gasteiger partial charge in [0, 0.05) is 6.54 Å². The van der Waals surface area contributed by atoms with E-state index in [1.54, 1.807) is 0 Å². The van der Waals surface area contributed by atoms with Crippen molar-refractivity contribution in [3.8, 4) is 5.75 Å². The summed E-state index contributed by atoms with van der Waals surface area (Å²) >= 11 is 2.80. The first kappa shape index (κ1) is 14.1. The molecule has 1 heterocycles. The van der Waals surface area contributed by atoms with Crippen LogP contribution in [-0.4, -0.2) is 11.3 Å². The third kappa shape index (κ3) is 3.77. The van der Waals surface area contributed by atoms with Crippen LogP contribution >= 0.6 is 15.9 Å². The highest BCUT2D eigenvalue weighted by molar-refractivity contribution is 9.10. The Morgan fingerprint density at radius 2 is 2.00 bits per heavy atom. The molecule has 0 unspecified atom stereocenters. The molecule has 0 aliphatic heterocycles. The van der Waals surface area contributed by atoms with Crippen molar-refractivity contribution in [1.29, 1.82) is 0 Å². The van der Waals surface area contributed by atoms with E-state index in [0.29, 0.717) is 0 Å². The molecule has 1 rings (SSSR count). The van der Waals surface area contributed by atoms with Crippen LogP contribution in [0, 0.1) is 0 Å². The van der Waals surface area contributed by atoms with Crippen LogP contribution in [0.15, 0.2) is 10.7 Å². The van der Waals surface area contributed by atoms with E-state index in [1.807, 2.05) is 0 Å². The van der Waals surface area contributed by atoms with Crippen LogP contribution in [0.3, 0.4) is 0 Å². The summed E-state index contributed by atoms with van der Waals surface area (Å²) in [5.74, 6) is -1.04. The second kappa shape index (κ2) is 5.13. The number of alkyl halides is 5. The van der Waals surface area contributed by atoms with Crippen molar-refractivity contribution in [1.82, 2.24) is 4.98 Å². The molecule has 0 saturated heterocycles. The van der Waals surface area contributed by atoms with Crippen molar-refractivity contribution in [2.75, 3.05) is 0 Å². The van der Waals surface area contributed by atoms with E-state index in [4.69, 9.17) is 5.73 Å². The van der Waals surface area contributed by atoms with Crippen LogP contribution in [0.2, 0.25) is 0 Å². The number of nitrogens with zero attached hydrogens (tertiary/aromatic N) is 1. The Bertz CT molecular complexity index is 410. The number of hydrogen-bond donors (Lipinski definition) is 1. The predicted octanol–water partition coefficient (Wildman–Crippen LogP) is 3.14. The Labute approximate surface area is 101 Å². The second-order valence-corrected chi connectivity index (χ2v) is 3.68. The maximum absolute atomic E-state index is 12.6. The number of halogens is 6. The number of pyridine rings is 1. The summed E-state index contributed by atoms with van der Waals surface area (Å²) in [6.07, 6.45) is -8.21. The summed E-state index contributed by atoms with van der Waals surface area (Å²) in [5, 5.41) is 0. The average Bonchev–Trinajstić information content (AvgIpc) is 2.17. The molecule has 3 nitrogen and oxygen atoms in total. The molecule has 0 aromatic carbocycles. The van der Waals surface area contributed by atoms with Crippen molar-refractivity contribution in [2.45, 2.75) is 19.3 Å². The molecule has 17 heavy (non-hydrogen) atoms. The van der Waals surface area contributed by atoms with Gasteiger partial charge < -0.3 is 10.5 Å². The van der Waals surface area contributed by atoms with E-state index in [-0.39, 0.29) is 4.60 Å². The first-order chi connectivity index (χ1) is 7.74. The highest BCUT2D eigenvalue weighted by Gasteiger charge is 2.35. The minimum Gasteiger partial charge on any atom is -0.403 e. The second-order valence-electron chi connectivity index (χ2n) is 2.86. The summed E-state index contributed by atoms with van der Waals surface area (Å²) in [7, 11) is 0. The molecule has 1 aromatic rings. The van der Waals surface area contributed by atoms with E-state index in [9.17, 15) is 22.0 Å². The van der Waals surface area contributed by atoms with Crippen molar-refractivity contribution < 1.29 is 26.7 Å². The van der Waals surface area contributed by atoms with Crippen LogP contribution in [0.5, 0.6) is 5.75 Å². The van der Waals surface area contributed by atoms with E-state index >= 15 is 0 Å². The number of aromatic nitrogens is 1. The Morgan fingerprint density at radius 1 is 1.41 bits per heavy atom. The molecule has 0 bridgehead atoms. The fourth-order valence-corrected chi connectivity index (χ4v) is 1.57. The summed E-state index contributed by atoms with van der Waals surface area (Å²) in [6.45, 7) is -0.454.